The minimum Gasteiger partial charge on any atom is -0.481 e. The van der Waals surface area contributed by atoms with Crippen LogP contribution in [-0.4, -0.2) is 48.6 Å². The highest BCUT2D eigenvalue weighted by Gasteiger charge is 2.18. The number of aromatic nitrogens is 1. The first-order valence-electron chi connectivity index (χ1n) is 9.31. The van der Waals surface area contributed by atoms with Crippen molar-refractivity contribution in [1.82, 2.24) is 15.2 Å². The first kappa shape index (κ1) is 19.8. The fraction of sp³-hybridized carbons (Fsp3) is 0.381. The van der Waals surface area contributed by atoms with Crippen LogP contribution in [0.15, 0.2) is 30.5 Å². The molecule has 1 atom stereocenters. The molecule has 2 heterocycles. The van der Waals surface area contributed by atoms with E-state index in [1.165, 1.54) is 13.3 Å². The minimum absolute atomic E-state index is 0.268. The average molecular weight is 379 g/mol. The Bertz CT molecular complexity index is 889. The van der Waals surface area contributed by atoms with E-state index in [1.807, 2.05) is 13.0 Å². The molecule has 1 aromatic carbocycles. The van der Waals surface area contributed by atoms with E-state index >= 15 is 0 Å². The number of hydrogen-bond acceptors (Lipinski definition) is 6. The van der Waals surface area contributed by atoms with Gasteiger partial charge in [-0.05, 0) is 43.2 Å². The zero-order valence-corrected chi connectivity index (χ0v) is 16.5. The van der Waals surface area contributed by atoms with E-state index in [0.29, 0.717) is 28.7 Å². The number of carbonyl (C=O) groups excluding carboxylic acids is 1. The molecule has 7 heteroatoms. The summed E-state index contributed by atoms with van der Waals surface area (Å²) in [7, 11) is 1.53. The lowest BCUT2D eigenvalue weighted by molar-refractivity contribution is 0.102. The number of nitrogens with one attached hydrogen (secondary N) is 2. The number of pyridine rings is 1. The molecule has 0 spiro atoms. The van der Waals surface area contributed by atoms with Crippen LogP contribution in [0, 0.1) is 18.3 Å². The van der Waals surface area contributed by atoms with Crippen LogP contribution < -0.4 is 15.4 Å². The van der Waals surface area contributed by atoms with Crippen LogP contribution in [0.25, 0.3) is 0 Å². The maximum Gasteiger partial charge on any atom is 0.257 e. The lowest BCUT2D eigenvalue weighted by atomic mass is 10.0. The maximum atomic E-state index is 12.6. The number of carbonyl (C=O) groups is 1. The highest BCUT2D eigenvalue weighted by Crippen LogP contribution is 2.24. The second-order valence-corrected chi connectivity index (χ2v) is 7.05. The van der Waals surface area contributed by atoms with Crippen molar-refractivity contribution in [1.29, 1.82) is 5.26 Å². The molecule has 2 N–H and O–H groups in total. The van der Waals surface area contributed by atoms with Gasteiger partial charge < -0.3 is 15.4 Å². The molecule has 1 amide bonds. The molecular formula is C21H25N5O2. The fourth-order valence-electron chi connectivity index (χ4n) is 3.36. The summed E-state index contributed by atoms with van der Waals surface area (Å²) in [4.78, 5) is 19.1. The molecule has 1 aliphatic rings. The van der Waals surface area contributed by atoms with Crippen molar-refractivity contribution in [2.24, 2.45) is 0 Å². The van der Waals surface area contributed by atoms with E-state index in [2.05, 4.69) is 33.5 Å². The van der Waals surface area contributed by atoms with Crippen molar-refractivity contribution in [3.8, 4) is 11.9 Å². The Labute approximate surface area is 165 Å². The van der Waals surface area contributed by atoms with Gasteiger partial charge in [0.25, 0.3) is 5.91 Å². The molecule has 2 aromatic rings. The Morgan fingerprint density at radius 1 is 1.46 bits per heavy atom. The van der Waals surface area contributed by atoms with E-state index in [1.54, 1.807) is 18.2 Å². The van der Waals surface area contributed by atoms with Crippen LogP contribution in [0.1, 0.15) is 34.0 Å². The van der Waals surface area contributed by atoms with Crippen molar-refractivity contribution >= 4 is 11.6 Å². The standard InChI is InChI=1S/C21H25N5O2/c1-14-12-26(7-6-23-14)13-18-8-16(10-22)9-19(15(18)2)25-21(27)17-4-5-20(28-3)24-11-17/h4-5,8-9,11,14,23H,6-7,12-13H2,1-3H3,(H,25,27). The average Bonchev–Trinajstić information content (AvgIpc) is 2.70. The van der Waals surface area contributed by atoms with Gasteiger partial charge in [-0.3, -0.25) is 9.69 Å². The summed E-state index contributed by atoms with van der Waals surface area (Å²) >= 11 is 0. The summed E-state index contributed by atoms with van der Waals surface area (Å²) in [5, 5.41) is 15.8. The van der Waals surface area contributed by atoms with Gasteiger partial charge in [0.2, 0.25) is 5.88 Å². The third-order valence-corrected chi connectivity index (χ3v) is 4.95. The van der Waals surface area contributed by atoms with E-state index in [-0.39, 0.29) is 5.91 Å². The predicted molar refractivity (Wildman–Crippen MR) is 107 cm³/mol. The number of methoxy groups -OCH3 is 1. The second-order valence-electron chi connectivity index (χ2n) is 7.05. The molecule has 0 aliphatic carbocycles. The lowest BCUT2D eigenvalue weighted by Crippen LogP contribution is -2.48. The van der Waals surface area contributed by atoms with Crippen molar-refractivity contribution in [2.45, 2.75) is 26.4 Å². The molecule has 1 aliphatic heterocycles. The fourth-order valence-corrected chi connectivity index (χ4v) is 3.36. The van der Waals surface area contributed by atoms with Crippen LogP contribution in [0.4, 0.5) is 5.69 Å². The van der Waals surface area contributed by atoms with Gasteiger partial charge in [0, 0.05) is 50.2 Å². The largest absolute Gasteiger partial charge is 0.481 e. The summed E-state index contributed by atoms with van der Waals surface area (Å²) < 4.78 is 5.02. The molecule has 146 valence electrons. The van der Waals surface area contributed by atoms with Crippen molar-refractivity contribution in [3.05, 3.63) is 52.7 Å². The van der Waals surface area contributed by atoms with Gasteiger partial charge in [-0.25, -0.2) is 4.98 Å². The molecule has 1 saturated heterocycles. The number of piperazine rings is 1. The Morgan fingerprint density at radius 2 is 2.29 bits per heavy atom. The molecule has 1 fully saturated rings. The third-order valence-electron chi connectivity index (χ3n) is 4.95. The van der Waals surface area contributed by atoms with Crippen molar-refractivity contribution in [2.75, 3.05) is 32.1 Å². The van der Waals surface area contributed by atoms with Gasteiger partial charge in [-0.1, -0.05) is 0 Å². The van der Waals surface area contributed by atoms with Crippen LogP contribution in [0.2, 0.25) is 0 Å². The van der Waals surface area contributed by atoms with Crippen LogP contribution in [0.3, 0.4) is 0 Å². The normalized spacial score (nSPS) is 17.0. The summed E-state index contributed by atoms with van der Waals surface area (Å²) in [6.45, 7) is 7.75. The van der Waals surface area contributed by atoms with Crippen LogP contribution >= 0.6 is 0 Å². The van der Waals surface area contributed by atoms with E-state index < -0.39 is 0 Å². The predicted octanol–water partition coefficient (Wildman–Crippen LogP) is 2.32. The summed E-state index contributed by atoms with van der Waals surface area (Å²) in [5.41, 5.74) is 3.64. The monoisotopic (exact) mass is 379 g/mol. The van der Waals surface area contributed by atoms with Crippen LogP contribution in [-0.2, 0) is 6.54 Å². The van der Waals surface area contributed by atoms with Gasteiger partial charge in [-0.2, -0.15) is 5.26 Å². The summed E-state index contributed by atoms with van der Waals surface area (Å²) in [6.07, 6.45) is 1.47. The molecule has 7 nitrogen and oxygen atoms in total. The maximum absolute atomic E-state index is 12.6. The van der Waals surface area contributed by atoms with Gasteiger partial charge >= 0.3 is 0 Å². The van der Waals surface area contributed by atoms with Crippen molar-refractivity contribution < 1.29 is 9.53 Å². The number of hydrogen-bond donors (Lipinski definition) is 2. The first-order valence-corrected chi connectivity index (χ1v) is 9.31. The number of ether oxygens (including phenoxy) is 1. The molecular weight excluding hydrogens is 354 g/mol. The number of benzene rings is 1. The Kier molecular flexibility index (Phi) is 6.24. The molecule has 0 bridgehead atoms. The molecule has 3 rings (SSSR count). The van der Waals surface area contributed by atoms with Gasteiger partial charge in [0.1, 0.15) is 0 Å². The number of nitriles is 1. The van der Waals surface area contributed by atoms with E-state index in [0.717, 1.165) is 37.3 Å². The lowest BCUT2D eigenvalue weighted by Gasteiger charge is -2.32. The van der Waals surface area contributed by atoms with Gasteiger partial charge in [-0.15, -0.1) is 0 Å². The van der Waals surface area contributed by atoms with E-state index in [4.69, 9.17) is 4.74 Å². The minimum atomic E-state index is -0.268. The van der Waals surface area contributed by atoms with Crippen molar-refractivity contribution in [3.63, 3.8) is 0 Å². The van der Waals surface area contributed by atoms with Gasteiger partial charge in [0.05, 0.1) is 24.3 Å². The van der Waals surface area contributed by atoms with Crippen LogP contribution in [0.5, 0.6) is 5.88 Å². The number of rotatable bonds is 5. The topological polar surface area (TPSA) is 90.3 Å². The SMILES string of the molecule is COc1ccc(C(=O)Nc2cc(C#N)cc(CN3CCNC(C)C3)c2C)cn1. The number of amides is 1. The molecule has 1 unspecified atom stereocenters. The highest BCUT2D eigenvalue weighted by molar-refractivity contribution is 6.04. The summed E-state index contributed by atoms with van der Waals surface area (Å²) in [6, 6.07) is 9.57. The second kappa shape index (κ2) is 8.83. The Balaban J connectivity index is 1.81. The third kappa shape index (κ3) is 4.66. The first-order chi connectivity index (χ1) is 13.5. The molecule has 0 saturated carbocycles. The molecule has 28 heavy (non-hydrogen) atoms. The molecule has 0 radical (unpaired) electrons. The zero-order valence-electron chi connectivity index (χ0n) is 16.5. The zero-order chi connectivity index (χ0) is 20.1. The van der Waals surface area contributed by atoms with E-state index in [9.17, 15) is 10.1 Å². The highest BCUT2D eigenvalue weighted by atomic mass is 16.5. The Morgan fingerprint density at radius 3 is 2.93 bits per heavy atom. The molecule has 1 aromatic heterocycles. The smallest absolute Gasteiger partial charge is 0.257 e. The number of anilines is 1. The van der Waals surface area contributed by atoms with Gasteiger partial charge in [0.15, 0.2) is 0 Å². The Hall–Kier alpha value is -2.95. The summed E-state index contributed by atoms with van der Waals surface area (Å²) in [5.74, 6) is 0.182. The number of nitrogens with zero attached hydrogens (tertiary/aromatic N) is 3. The quantitative estimate of drug-likeness (QED) is 0.829.